The van der Waals surface area contributed by atoms with E-state index in [0.29, 0.717) is 0 Å². The molecule has 0 aliphatic rings. The van der Waals surface area contributed by atoms with E-state index in [0.717, 1.165) is 23.1 Å². The molecule has 0 saturated carbocycles. The van der Waals surface area contributed by atoms with Gasteiger partial charge in [-0.3, -0.25) is 4.79 Å². The molecule has 20 heavy (non-hydrogen) atoms. The lowest BCUT2D eigenvalue weighted by molar-refractivity contribution is -0.155. The number of carbonyl (C=O) groups is 1. The highest BCUT2D eigenvalue weighted by atomic mass is 16.5. The van der Waals surface area contributed by atoms with Gasteiger partial charge in [0.15, 0.2) is 0 Å². The van der Waals surface area contributed by atoms with Gasteiger partial charge in [0.05, 0.1) is 12.0 Å². The second-order valence-corrected chi connectivity index (χ2v) is 5.55. The summed E-state index contributed by atoms with van der Waals surface area (Å²) >= 11 is 0. The highest BCUT2D eigenvalue weighted by Gasteiger charge is 2.27. The average Bonchev–Trinajstić information content (AvgIpc) is 2.43. The van der Waals surface area contributed by atoms with Crippen LogP contribution in [-0.2, 0) is 16.1 Å². The maximum Gasteiger partial charge on any atom is 0.311 e. The predicted octanol–water partition coefficient (Wildman–Crippen LogP) is 3.48. The largest absolute Gasteiger partial charge is 0.460 e. The molecular formula is C17H24O3. The highest BCUT2D eigenvalue weighted by molar-refractivity contribution is 5.76. The van der Waals surface area contributed by atoms with Gasteiger partial charge in [-0.1, -0.05) is 37.3 Å². The zero-order chi connectivity index (χ0) is 15.2. The fraction of sp³-hybridized carbons (Fsp3) is 0.471. The first-order valence-electron chi connectivity index (χ1n) is 6.95. The van der Waals surface area contributed by atoms with Gasteiger partial charge in [-0.15, -0.1) is 0 Å². The SMILES string of the molecule is CCC(C)(C)C(=O)OCc1cccc(C)c1/C=C/CO. The van der Waals surface area contributed by atoms with Crippen LogP contribution in [0, 0.1) is 12.3 Å². The number of esters is 1. The van der Waals surface area contributed by atoms with E-state index in [4.69, 9.17) is 9.84 Å². The van der Waals surface area contributed by atoms with Crippen LogP contribution in [0.4, 0.5) is 0 Å². The zero-order valence-corrected chi connectivity index (χ0v) is 12.8. The van der Waals surface area contributed by atoms with Crippen molar-refractivity contribution < 1.29 is 14.6 Å². The average molecular weight is 276 g/mol. The molecule has 0 aromatic heterocycles. The Morgan fingerprint density at radius 2 is 2.10 bits per heavy atom. The van der Waals surface area contributed by atoms with Crippen molar-refractivity contribution >= 4 is 12.0 Å². The van der Waals surface area contributed by atoms with E-state index in [2.05, 4.69) is 0 Å². The van der Waals surface area contributed by atoms with Gasteiger partial charge >= 0.3 is 5.97 Å². The third-order valence-corrected chi connectivity index (χ3v) is 3.60. The molecule has 3 heteroatoms. The smallest absolute Gasteiger partial charge is 0.311 e. The summed E-state index contributed by atoms with van der Waals surface area (Å²) in [4.78, 5) is 12.0. The summed E-state index contributed by atoms with van der Waals surface area (Å²) in [6.45, 7) is 8.00. The molecule has 0 unspecified atom stereocenters. The van der Waals surface area contributed by atoms with E-state index >= 15 is 0 Å². The van der Waals surface area contributed by atoms with Crippen LogP contribution in [0.2, 0.25) is 0 Å². The number of ether oxygens (including phenoxy) is 1. The molecule has 0 spiro atoms. The monoisotopic (exact) mass is 276 g/mol. The Morgan fingerprint density at radius 3 is 2.70 bits per heavy atom. The molecular weight excluding hydrogens is 252 g/mol. The Bertz CT molecular complexity index is 487. The van der Waals surface area contributed by atoms with Gasteiger partial charge in [0.1, 0.15) is 6.61 Å². The lowest BCUT2D eigenvalue weighted by atomic mass is 9.91. The van der Waals surface area contributed by atoms with Crippen molar-refractivity contribution in [2.75, 3.05) is 6.61 Å². The summed E-state index contributed by atoms with van der Waals surface area (Å²) in [5, 5.41) is 8.89. The van der Waals surface area contributed by atoms with Gasteiger partial charge < -0.3 is 9.84 Å². The molecule has 0 radical (unpaired) electrons. The summed E-state index contributed by atoms with van der Waals surface area (Å²) in [5.41, 5.74) is 2.60. The normalized spacial score (nSPS) is 11.8. The summed E-state index contributed by atoms with van der Waals surface area (Å²) in [6, 6.07) is 5.88. The third kappa shape index (κ3) is 4.20. The van der Waals surface area contributed by atoms with Crippen LogP contribution < -0.4 is 0 Å². The Labute approximate surface area is 121 Å². The minimum Gasteiger partial charge on any atom is -0.460 e. The van der Waals surface area contributed by atoms with Crippen LogP contribution in [0.3, 0.4) is 0 Å². The first-order chi connectivity index (χ1) is 9.42. The quantitative estimate of drug-likeness (QED) is 0.809. The molecule has 0 atom stereocenters. The van der Waals surface area contributed by atoms with E-state index in [1.807, 2.05) is 52.0 Å². The second-order valence-electron chi connectivity index (χ2n) is 5.55. The lowest BCUT2D eigenvalue weighted by Crippen LogP contribution is -2.25. The van der Waals surface area contributed by atoms with Crippen LogP contribution in [0.15, 0.2) is 24.3 Å². The van der Waals surface area contributed by atoms with Crippen molar-refractivity contribution in [1.29, 1.82) is 0 Å². The van der Waals surface area contributed by atoms with Crippen molar-refractivity contribution in [2.24, 2.45) is 5.41 Å². The van der Waals surface area contributed by atoms with Crippen LogP contribution in [0.1, 0.15) is 43.9 Å². The molecule has 1 N–H and O–H groups in total. The summed E-state index contributed by atoms with van der Waals surface area (Å²) in [6.07, 6.45) is 4.30. The molecule has 0 bridgehead atoms. The Hall–Kier alpha value is -1.61. The molecule has 0 amide bonds. The van der Waals surface area contributed by atoms with Crippen molar-refractivity contribution in [3.05, 3.63) is 41.0 Å². The molecule has 110 valence electrons. The maximum atomic E-state index is 12.0. The number of aliphatic hydroxyl groups is 1. The fourth-order valence-electron chi connectivity index (χ4n) is 1.76. The number of carbonyl (C=O) groups excluding carboxylic acids is 1. The lowest BCUT2D eigenvalue weighted by Gasteiger charge is -2.21. The molecule has 0 heterocycles. The predicted molar refractivity (Wildman–Crippen MR) is 81.2 cm³/mol. The third-order valence-electron chi connectivity index (χ3n) is 3.60. The molecule has 0 aliphatic carbocycles. The van der Waals surface area contributed by atoms with Crippen LogP contribution in [-0.4, -0.2) is 17.7 Å². The molecule has 0 saturated heterocycles. The number of aliphatic hydroxyl groups excluding tert-OH is 1. The van der Waals surface area contributed by atoms with Gasteiger partial charge in [-0.25, -0.2) is 0 Å². The minimum absolute atomic E-state index is 0.00354. The molecule has 0 fully saturated rings. The standard InChI is InChI=1S/C17H24O3/c1-5-17(3,4)16(19)20-12-14-9-6-8-13(2)15(14)10-7-11-18/h6-10,18H,5,11-12H2,1-4H3/b10-7+. The molecule has 3 nitrogen and oxygen atoms in total. The van der Waals surface area contributed by atoms with Gasteiger partial charge in [0, 0.05) is 0 Å². The van der Waals surface area contributed by atoms with Gasteiger partial charge in [-0.2, -0.15) is 0 Å². The number of aryl methyl sites for hydroxylation is 1. The summed E-state index contributed by atoms with van der Waals surface area (Å²) in [7, 11) is 0. The van der Waals surface area contributed by atoms with E-state index in [1.165, 1.54) is 0 Å². The second kappa shape index (κ2) is 7.25. The molecule has 1 rings (SSSR count). The Morgan fingerprint density at radius 1 is 1.40 bits per heavy atom. The minimum atomic E-state index is -0.453. The van der Waals surface area contributed by atoms with E-state index in [-0.39, 0.29) is 19.2 Å². The summed E-state index contributed by atoms with van der Waals surface area (Å²) < 4.78 is 5.42. The van der Waals surface area contributed by atoms with Crippen molar-refractivity contribution in [3.8, 4) is 0 Å². The first kappa shape index (κ1) is 16.4. The number of hydrogen-bond acceptors (Lipinski definition) is 3. The van der Waals surface area contributed by atoms with Crippen LogP contribution >= 0.6 is 0 Å². The van der Waals surface area contributed by atoms with E-state index in [9.17, 15) is 4.79 Å². The number of hydrogen-bond donors (Lipinski definition) is 1. The Kier molecular flexibility index (Phi) is 5.96. The molecule has 1 aromatic carbocycles. The van der Waals surface area contributed by atoms with Crippen molar-refractivity contribution in [1.82, 2.24) is 0 Å². The van der Waals surface area contributed by atoms with Crippen LogP contribution in [0.25, 0.3) is 6.08 Å². The molecule has 1 aromatic rings. The van der Waals surface area contributed by atoms with Crippen molar-refractivity contribution in [2.45, 2.75) is 40.7 Å². The highest BCUT2D eigenvalue weighted by Crippen LogP contribution is 2.23. The van der Waals surface area contributed by atoms with E-state index < -0.39 is 5.41 Å². The van der Waals surface area contributed by atoms with Gasteiger partial charge in [0.25, 0.3) is 0 Å². The van der Waals surface area contributed by atoms with Gasteiger partial charge in [0.2, 0.25) is 0 Å². The number of benzene rings is 1. The summed E-state index contributed by atoms with van der Waals surface area (Å²) in [5.74, 6) is -0.182. The van der Waals surface area contributed by atoms with Crippen LogP contribution in [0.5, 0.6) is 0 Å². The first-order valence-corrected chi connectivity index (χ1v) is 6.95. The zero-order valence-electron chi connectivity index (χ0n) is 12.8. The number of rotatable bonds is 6. The van der Waals surface area contributed by atoms with Crippen molar-refractivity contribution in [3.63, 3.8) is 0 Å². The van der Waals surface area contributed by atoms with E-state index in [1.54, 1.807) is 6.08 Å². The maximum absolute atomic E-state index is 12.0. The van der Waals surface area contributed by atoms with Gasteiger partial charge in [-0.05, 0) is 43.9 Å². The Balaban J connectivity index is 2.86. The molecule has 0 aliphatic heterocycles. The fourth-order valence-corrected chi connectivity index (χ4v) is 1.76. The topological polar surface area (TPSA) is 46.5 Å².